The van der Waals surface area contributed by atoms with Gasteiger partial charge in [0.05, 0.1) is 21.3 Å². The predicted octanol–water partition coefficient (Wildman–Crippen LogP) is 7.80. The fourth-order valence-corrected chi connectivity index (χ4v) is 6.14. The molecule has 3 N–H and O–H groups in total. The molecule has 0 saturated carbocycles. The highest BCUT2D eigenvalue weighted by atomic mass is 35.5. The second-order valence-corrected chi connectivity index (χ2v) is 12.1. The van der Waals surface area contributed by atoms with Gasteiger partial charge in [-0.3, -0.25) is 14.4 Å². The van der Waals surface area contributed by atoms with E-state index >= 15 is 0 Å². The number of benzene rings is 3. The van der Waals surface area contributed by atoms with Crippen LogP contribution >= 0.6 is 46.0 Å². The van der Waals surface area contributed by atoms with Gasteiger partial charge >= 0.3 is 0 Å². The van der Waals surface area contributed by atoms with Crippen molar-refractivity contribution in [3.05, 3.63) is 123 Å². The van der Waals surface area contributed by atoms with Gasteiger partial charge in [-0.05, 0) is 66.1 Å². The van der Waals surface area contributed by atoms with Gasteiger partial charge in [-0.25, -0.2) is 9.37 Å². The molecule has 5 aromatic rings. The van der Waals surface area contributed by atoms with Crippen LogP contribution < -0.4 is 16.0 Å². The zero-order chi connectivity index (χ0) is 30.2. The van der Waals surface area contributed by atoms with E-state index < -0.39 is 17.6 Å². The molecule has 3 amide bonds. The Morgan fingerprint density at radius 3 is 2.42 bits per heavy atom. The van der Waals surface area contributed by atoms with Crippen molar-refractivity contribution < 1.29 is 18.8 Å². The lowest BCUT2D eigenvalue weighted by Gasteiger charge is -2.12. The average Bonchev–Trinajstić information content (AvgIpc) is 3.71. The maximum Gasteiger partial charge on any atom is 0.272 e. The van der Waals surface area contributed by atoms with E-state index in [2.05, 4.69) is 20.9 Å². The van der Waals surface area contributed by atoms with Crippen LogP contribution in [0.2, 0.25) is 5.02 Å². The van der Waals surface area contributed by atoms with Crippen molar-refractivity contribution in [2.24, 2.45) is 0 Å². The van der Waals surface area contributed by atoms with Crippen molar-refractivity contribution in [3.63, 3.8) is 0 Å². The number of amides is 3. The molecule has 0 unspecified atom stereocenters. The van der Waals surface area contributed by atoms with E-state index in [1.54, 1.807) is 65.9 Å². The lowest BCUT2D eigenvalue weighted by Crippen LogP contribution is -2.30. The number of rotatable bonds is 10. The minimum absolute atomic E-state index is 0.0341. The quantitative estimate of drug-likeness (QED) is 0.106. The molecule has 43 heavy (non-hydrogen) atoms. The summed E-state index contributed by atoms with van der Waals surface area (Å²) >= 11 is 10.4. The molecule has 0 aliphatic carbocycles. The molecule has 0 spiro atoms. The first kappa shape index (κ1) is 30.2. The van der Waals surface area contributed by atoms with Crippen LogP contribution in [0.25, 0.3) is 16.6 Å². The molecule has 0 aliphatic rings. The van der Waals surface area contributed by atoms with Gasteiger partial charge in [0.15, 0.2) is 5.13 Å². The van der Waals surface area contributed by atoms with E-state index in [1.807, 2.05) is 22.9 Å². The first-order chi connectivity index (χ1) is 20.9. The fourth-order valence-electron chi connectivity index (χ4n) is 3.74. The Hall–Kier alpha value is -4.29. The minimum Gasteiger partial charge on any atom is -0.321 e. The summed E-state index contributed by atoms with van der Waals surface area (Å²) in [6.07, 6.45) is 1.20. The number of carbonyl (C=O) groups excluding carboxylic acids is 3. The second-order valence-electron chi connectivity index (χ2n) is 8.84. The second kappa shape index (κ2) is 14.3. The van der Waals surface area contributed by atoms with Gasteiger partial charge in [0.2, 0.25) is 5.91 Å². The van der Waals surface area contributed by atoms with E-state index in [0.29, 0.717) is 16.4 Å². The van der Waals surface area contributed by atoms with Crippen LogP contribution in [0.4, 0.5) is 15.2 Å². The molecule has 0 radical (unpaired) electrons. The maximum absolute atomic E-state index is 14.5. The normalized spacial score (nSPS) is 11.2. The van der Waals surface area contributed by atoms with Crippen LogP contribution in [0.5, 0.6) is 0 Å². The number of nitrogens with zero attached hydrogens (tertiary/aromatic N) is 1. The molecule has 0 aliphatic heterocycles. The van der Waals surface area contributed by atoms with Crippen LogP contribution in [0, 0.1) is 5.82 Å². The highest BCUT2D eigenvalue weighted by Crippen LogP contribution is 2.29. The lowest BCUT2D eigenvalue weighted by molar-refractivity contribution is -0.114. The molecule has 12 heteroatoms. The third-order valence-corrected chi connectivity index (χ3v) is 8.82. The van der Waals surface area contributed by atoms with Crippen molar-refractivity contribution in [3.8, 4) is 10.6 Å². The number of carbonyl (C=O) groups is 3. The molecule has 7 nitrogen and oxygen atoms in total. The van der Waals surface area contributed by atoms with Crippen molar-refractivity contribution in [1.29, 1.82) is 0 Å². The zero-order valence-corrected chi connectivity index (χ0v) is 25.4. The first-order valence-electron chi connectivity index (χ1n) is 12.7. The molecular formula is C31H22ClFN4O3S3. The standard InChI is InChI=1S/C31H22ClFN4O3S3/c32-23-8-4-9-24(33)22(23)16-25(35-29(39)19-6-2-1-3-7-19)30(40)34-20-11-13-21(14-12-20)42-18-28(38)37-31-36-26(17-43-31)27-10-5-15-41-27/h1-17H,18H2,(H,34,40)(H,35,39)(H,36,37,38)/b25-16-. The summed E-state index contributed by atoms with van der Waals surface area (Å²) in [5, 5.41) is 12.6. The van der Waals surface area contributed by atoms with E-state index in [0.717, 1.165) is 15.5 Å². The van der Waals surface area contributed by atoms with Gasteiger partial charge in [-0.15, -0.1) is 34.4 Å². The molecule has 2 aromatic heterocycles. The zero-order valence-electron chi connectivity index (χ0n) is 22.2. The number of aromatic nitrogens is 1. The average molecular weight is 649 g/mol. The largest absolute Gasteiger partial charge is 0.321 e. The molecular weight excluding hydrogens is 627 g/mol. The van der Waals surface area contributed by atoms with Crippen LogP contribution in [0.3, 0.4) is 0 Å². The SMILES string of the molecule is O=C(CSc1ccc(NC(=O)/C(=C/c2c(F)cccc2Cl)NC(=O)c2ccccc2)cc1)Nc1nc(-c2cccs2)cs1. The smallest absolute Gasteiger partial charge is 0.272 e. The van der Waals surface area contributed by atoms with Gasteiger partial charge < -0.3 is 16.0 Å². The number of thiazole rings is 1. The number of nitrogens with one attached hydrogen (secondary N) is 3. The van der Waals surface area contributed by atoms with Crippen LogP contribution in [-0.4, -0.2) is 28.5 Å². The summed E-state index contributed by atoms with van der Waals surface area (Å²) in [5.41, 5.74) is 1.36. The van der Waals surface area contributed by atoms with Crippen molar-refractivity contribution in [2.75, 3.05) is 16.4 Å². The molecule has 2 heterocycles. The summed E-state index contributed by atoms with van der Waals surface area (Å²) in [4.78, 5) is 44.8. The summed E-state index contributed by atoms with van der Waals surface area (Å²) in [6, 6.07) is 23.2. The summed E-state index contributed by atoms with van der Waals surface area (Å²) in [5.74, 6) is -1.88. The van der Waals surface area contributed by atoms with Gasteiger partial charge in [-0.1, -0.05) is 41.9 Å². The summed E-state index contributed by atoms with van der Waals surface area (Å²) < 4.78 is 14.5. The maximum atomic E-state index is 14.5. The number of thiophene rings is 1. The summed E-state index contributed by atoms with van der Waals surface area (Å²) in [7, 11) is 0. The van der Waals surface area contributed by atoms with Gasteiger partial charge in [0.1, 0.15) is 11.5 Å². The Morgan fingerprint density at radius 2 is 1.70 bits per heavy atom. The number of hydrogen-bond donors (Lipinski definition) is 3. The molecule has 216 valence electrons. The molecule has 3 aromatic carbocycles. The number of halogens is 2. The molecule has 0 atom stereocenters. The molecule has 0 fully saturated rings. The fraction of sp³-hybridized carbons (Fsp3) is 0.0323. The Labute approximate surface area is 263 Å². The topological polar surface area (TPSA) is 100 Å². The Morgan fingerprint density at radius 1 is 0.907 bits per heavy atom. The van der Waals surface area contributed by atoms with E-state index in [-0.39, 0.29) is 27.9 Å². The Bertz CT molecular complexity index is 1760. The van der Waals surface area contributed by atoms with Crippen LogP contribution in [0.1, 0.15) is 15.9 Å². The van der Waals surface area contributed by atoms with Gasteiger partial charge in [0, 0.05) is 27.1 Å². The van der Waals surface area contributed by atoms with Crippen molar-refractivity contribution in [1.82, 2.24) is 10.3 Å². The highest BCUT2D eigenvalue weighted by Gasteiger charge is 2.17. The van der Waals surface area contributed by atoms with Crippen LogP contribution in [0.15, 0.2) is 106 Å². The van der Waals surface area contributed by atoms with Crippen LogP contribution in [-0.2, 0) is 9.59 Å². The van der Waals surface area contributed by atoms with E-state index in [1.165, 1.54) is 47.4 Å². The van der Waals surface area contributed by atoms with Gasteiger partial charge in [0.25, 0.3) is 11.8 Å². The molecule has 0 saturated heterocycles. The third kappa shape index (κ3) is 8.17. The number of anilines is 2. The lowest BCUT2D eigenvalue weighted by atomic mass is 10.1. The Balaban J connectivity index is 1.22. The third-order valence-electron chi connectivity index (χ3n) is 5.82. The van der Waals surface area contributed by atoms with E-state index in [9.17, 15) is 18.8 Å². The number of hydrogen-bond acceptors (Lipinski definition) is 7. The Kier molecular flexibility index (Phi) is 10.0. The molecule has 0 bridgehead atoms. The monoisotopic (exact) mass is 648 g/mol. The summed E-state index contributed by atoms with van der Waals surface area (Å²) in [6.45, 7) is 0. The highest BCUT2D eigenvalue weighted by molar-refractivity contribution is 8.00. The van der Waals surface area contributed by atoms with Gasteiger partial charge in [-0.2, -0.15) is 0 Å². The number of thioether (sulfide) groups is 1. The minimum atomic E-state index is -0.672. The predicted molar refractivity (Wildman–Crippen MR) is 173 cm³/mol. The van der Waals surface area contributed by atoms with Crippen molar-refractivity contribution in [2.45, 2.75) is 4.90 Å². The van der Waals surface area contributed by atoms with E-state index in [4.69, 9.17) is 11.6 Å². The first-order valence-corrected chi connectivity index (χ1v) is 15.8. The van der Waals surface area contributed by atoms with Crippen molar-refractivity contribution >= 4 is 80.7 Å². The molecule has 5 rings (SSSR count).